The molecule has 2 saturated heterocycles. The van der Waals surface area contributed by atoms with Crippen molar-refractivity contribution in [3.05, 3.63) is 54.1 Å². The SMILES string of the molecule is CCCCOC(=O)[C@H](CC(C)C)NP(=O)(COc1ccc(C[C@H](NC(=O)O[C@H]2CO[C@H]3OCC[C@H]32)[C@H](O)CN(CC(C)C)S(=O)(=O)c2ccc(OC)cc2)cc1)N[C@@H](CC(C)C)C(=O)OCCCC. The van der Waals surface area contributed by atoms with Crippen LogP contribution in [0.25, 0.3) is 0 Å². The number of esters is 2. The standard InChI is InChI=1S/C49H79N4O14PS/c1-10-12-23-62-46(55)42(26-33(3)4)51-68(58,52-43(27-34(5)6)47(56)63-24-13-11-2)32-66-38-16-14-36(15-17-38)28-41(50-49(57)67-45-31-65-48-40(45)22-25-64-48)44(54)30-53(29-35(7)8)69(59,60)39-20-18-37(61-9)19-21-39/h14-21,33-35,40-45,48,54H,10-13,22-32H2,1-9H3,(H,50,57)(H2,51,52,58)/t40-,41-,42-,43-,44+,45-,48+/m0/s1. The molecule has 4 rings (SSSR count). The molecule has 390 valence electrons. The van der Waals surface area contributed by atoms with Gasteiger partial charge in [0.05, 0.1) is 56.5 Å². The Morgan fingerprint density at radius 1 is 0.812 bits per heavy atom. The number of fused-ring (bicyclic) bond motifs is 1. The van der Waals surface area contributed by atoms with Crippen LogP contribution >= 0.6 is 7.44 Å². The summed E-state index contributed by atoms with van der Waals surface area (Å²) in [6.07, 6.45) is 0.602. The highest BCUT2D eigenvalue weighted by atomic mass is 32.2. The van der Waals surface area contributed by atoms with E-state index in [-0.39, 0.29) is 67.9 Å². The minimum absolute atomic E-state index is 0.0184. The molecule has 20 heteroatoms. The van der Waals surface area contributed by atoms with Gasteiger partial charge in [-0.15, -0.1) is 0 Å². The number of nitrogens with zero attached hydrogens (tertiary/aromatic N) is 1. The Labute approximate surface area is 410 Å². The number of sulfonamides is 1. The second-order valence-electron chi connectivity index (χ2n) is 19.2. The van der Waals surface area contributed by atoms with Crippen molar-refractivity contribution in [2.75, 3.05) is 53.0 Å². The normalized spacial score (nSPS) is 19.0. The summed E-state index contributed by atoms with van der Waals surface area (Å²) < 4.78 is 83.9. The fraction of sp³-hybridized carbons (Fsp3) is 0.694. The van der Waals surface area contributed by atoms with Crippen LogP contribution in [-0.4, -0.2) is 125 Å². The van der Waals surface area contributed by atoms with E-state index in [0.29, 0.717) is 55.8 Å². The largest absolute Gasteiger partial charge is 0.497 e. The first-order valence-electron chi connectivity index (χ1n) is 24.5. The molecule has 0 unspecified atom stereocenters. The van der Waals surface area contributed by atoms with Crippen LogP contribution in [0.2, 0.25) is 0 Å². The third-order valence-corrected chi connectivity index (χ3v) is 15.5. The average molecular weight is 1010 g/mol. The number of hydrogen-bond acceptors (Lipinski definition) is 14. The quantitative estimate of drug-likeness (QED) is 0.0257. The molecule has 2 aliphatic rings. The monoisotopic (exact) mass is 1010 g/mol. The highest BCUT2D eigenvalue weighted by Gasteiger charge is 2.44. The van der Waals surface area contributed by atoms with Gasteiger partial charge in [0.25, 0.3) is 0 Å². The van der Waals surface area contributed by atoms with E-state index < -0.39 is 78.5 Å². The van der Waals surface area contributed by atoms with Crippen molar-refractivity contribution >= 4 is 35.5 Å². The van der Waals surface area contributed by atoms with Gasteiger partial charge in [-0.05, 0) is 98.2 Å². The number of methoxy groups -OCH3 is 1. The van der Waals surface area contributed by atoms with E-state index in [1.165, 1.54) is 23.5 Å². The summed E-state index contributed by atoms with van der Waals surface area (Å²) in [7, 11) is -6.56. The minimum Gasteiger partial charge on any atom is -0.497 e. The Bertz CT molecular complexity index is 2000. The predicted molar refractivity (Wildman–Crippen MR) is 261 cm³/mol. The number of nitrogens with one attached hydrogen (secondary N) is 3. The molecule has 18 nitrogen and oxygen atoms in total. The molecule has 7 atom stereocenters. The molecular formula is C49H79N4O14PS. The Hall–Kier alpha value is -3.81. The average Bonchev–Trinajstić information content (AvgIpc) is 3.93. The second kappa shape index (κ2) is 28.3. The Morgan fingerprint density at radius 3 is 1.90 bits per heavy atom. The summed E-state index contributed by atoms with van der Waals surface area (Å²) in [6, 6.07) is 9.68. The molecule has 0 radical (unpaired) electrons. The number of carbonyl (C=O) groups excluding carboxylic acids is 3. The van der Waals surface area contributed by atoms with E-state index >= 15 is 4.57 Å². The lowest BCUT2D eigenvalue weighted by molar-refractivity contribution is -0.146. The summed E-state index contributed by atoms with van der Waals surface area (Å²) in [5.74, 6) is -0.522. The molecule has 4 N–H and O–H groups in total. The molecule has 2 aromatic rings. The summed E-state index contributed by atoms with van der Waals surface area (Å²) >= 11 is 0. The molecule has 2 heterocycles. The van der Waals surface area contributed by atoms with Crippen molar-refractivity contribution in [3.8, 4) is 11.5 Å². The fourth-order valence-electron chi connectivity index (χ4n) is 8.00. The zero-order valence-electron chi connectivity index (χ0n) is 42.1. The number of aliphatic hydroxyl groups is 1. The maximum absolute atomic E-state index is 15.0. The van der Waals surface area contributed by atoms with Crippen molar-refractivity contribution < 1.29 is 65.6 Å². The number of alkyl carbamates (subject to hydrolysis) is 1. The van der Waals surface area contributed by atoms with Gasteiger partial charge in [-0.2, -0.15) is 4.31 Å². The van der Waals surface area contributed by atoms with Crippen molar-refractivity contribution in [3.63, 3.8) is 0 Å². The van der Waals surface area contributed by atoms with Gasteiger partial charge in [-0.25, -0.2) is 23.4 Å². The van der Waals surface area contributed by atoms with Crippen molar-refractivity contribution in [1.29, 1.82) is 0 Å². The van der Waals surface area contributed by atoms with E-state index in [1.54, 1.807) is 36.4 Å². The molecule has 69 heavy (non-hydrogen) atoms. The van der Waals surface area contributed by atoms with Gasteiger partial charge < -0.3 is 43.6 Å². The lowest BCUT2D eigenvalue weighted by Gasteiger charge is -2.31. The molecule has 0 saturated carbocycles. The number of carbonyl (C=O) groups is 3. The van der Waals surface area contributed by atoms with Gasteiger partial charge in [0.15, 0.2) is 12.6 Å². The summed E-state index contributed by atoms with van der Waals surface area (Å²) in [6.45, 7) is 16.3. The van der Waals surface area contributed by atoms with Crippen LogP contribution in [0, 0.1) is 23.7 Å². The van der Waals surface area contributed by atoms with Crippen molar-refractivity contribution in [2.45, 2.75) is 148 Å². The first kappa shape index (κ1) is 57.8. The second-order valence-corrected chi connectivity index (χ2v) is 23.4. The van der Waals surface area contributed by atoms with Gasteiger partial charge in [0.1, 0.15) is 29.7 Å². The maximum Gasteiger partial charge on any atom is 0.407 e. The van der Waals surface area contributed by atoms with Crippen LogP contribution in [0.4, 0.5) is 4.79 Å². The molecule has 2 aromatic carbocycles. The Morgan fingerprint density at radius 2 is 1.38 bits per heavy atom. The smallest absolute Gasteiger partial charge is 0.407 e. The van der Waals surface area contributed by atoms with Crippen LogP contribution in [0.15, 0.2) is 53.4 Å². The number of hydrogen-bond donors (Lipinski definition) is 4. The minimum atomic E-state index is -4.11. The zero-order valence-corrected chi connectivity index (χ0v) is 43.8. The number of unbranched alkanes of at least 4 members (excludes halogenated alkanes) is 2. The van der Waals surface area contributed by atoms with Gasteiger partial charge in [0, 0.05) is 13.1 Å². The lowest BCUT2D eigenvalue weighted by atomic mass is 10.0. The van der Waals surface area contributed by atoms with Crippen molar-refractivity contribution in [2.24, 2.45) is 23.7 Å². The van der Waals surface area contributed by atoms with Gasteiger partial charge in [0.2, 0.25) is 17.5 Å². The molecular weight excluding hydrogens is 932 g/mol. The van der Waals surface area contributed by atoms with E-state index in [2.05, 4.69) is 15.5 Å². The molecule has 2 aliphatic heterocycles. The molecule has 0 aliphatic carbocycles. The third kappa shape index (κ3) is 18.7. The highest BCUT2D eigenvalue weighted by molar-refractivity contribution is 7.89. The zero-order chi connectivity index (χ0) is 50.7. The van der Waals surface area contributed by atoms with Gasteiger partial charge in [-0.1, -0.05) is 80.4 Å². The van der Waals surface area contributed by atoms with E-state index in [1.807, 2.05) is 55.4 Å². The van der Waals surface area contributed by atoms with Gasteiger partial charge in [-0.3, -0.25) is 14.2 Å². The molecule has 0 spiro atoms. The van der Waals surface area contributed by atoms with E-state index in [0.717, 1.165) is 12.8 Å². The Balaban J connectivity index is 1.60. The maximum atomic E-state index is 15.0. The topological polar surface area (TPSA) is 227 Å². The van der Waals surface area contributed by atoms with E-state index in [9.17, 15) is 27.9 Å². The highest BCUT2D eigenvalue weighted by Crippen LogP contribution is 2.40. The summed E-state index contributed by atoms with van der Waals surface area (Å²) in [5.41, 5.74) is 0.631. The lowest BCUT2D eigenvalue weighted by Crippen LogP contribution is -2.51. The summed E-state index contributed by atoms with van der Waals surface area (Å²) in [4.78, 5) is 40.4. The third-order valence-electron chi connectivity index (χ3n) is 11.7. The summed E-state index contributed by atoms with van der Waals surface area (Å²) in [5, 5.41) is 20.8. The van der Waals surface area contributed by atoms with Crippen LogP contribution in [0.1, 0.15) is 106 Å². The first-order valence-corrected chi connectivity index (χ1v) is 27.8. The number of benzene rings is 2. The van der Waals surface area contributed by atoms with Crippen LogP contribution in [0.5, 0.6) is 11.5 Å². The molecule has 1 amide bonds. The fourth-order valence-corrected chi connectivity index (χ4v) is 11.6. The molecule has 0 aromatic heterocycles. The van der Waals surface area contributed by atoms with Crippen LogP contribution < -0.4 is 25.0 Å². The van der Waals surface area contributed by atoms with E-state index in [4.69, 9.17) is 33.2 Å². The number of amides is 1. The number of aliphatic hydroxyl groups excluding tert-OH is 1. The molecule has 0 bridgehead atoms. The van der Waals surface area contributed by atoms with Gasteiger partial charge >= 0.3 is 18.0 Å². The predicted octanol–water partition coefficient (Wildman–Crippen LogP) is 7.03. The Kier molecular flexibility index (Phi) is 23.7. The van der Waals surface area contributed by atoms with Crippen LogP contribution in [-0.2, 0) is 54.3 Å². The molecule has 2 fully saturated rings. The van der Waals surface area contributed by atoms with Crippen LogP contribution in [0.3, 0.4) is 0 Å². The first-order chi connectivity index (χ1) is 32.8. The van der Waals surface area contributed by atoms with Crippen molar-refractivity contribution in [1.82, 2.24) is 19.8 Å². The number of rotatable bonds is 31. The number of ether oxygens (including phenoxy) is 7.